The Labute approximate surface area is 143 Å². The largest absolute Gasteiger partial charge is 0.350 e. The number of nitrogens with one attached hydrogen (secondary N) is 1. The van der Waals surface area contributed by atoms with E-state index in [1.165, 1.54) is 13.3 Å². The second kappa shape index (κ2) is 7.01. The summed E-state index contributed by atoms with van der Waals surface area (Å²) < 4.78 is 0. The number of fused-ring (bicyclic) bond motifs is 2. The molecule has 5 heteroatoms. The molecule has 1 aromatic rings. The first kappa shape index (κ1) is 17.1. The lowest BCUT2D eigenvalue weighted by atomic mass is 9.65. The van der Waals surface area contributed by atoms with Crippen LogP contribution in [0.25, 0.3) is 0 Å². The number of hydrogen-bond donors (Lipinski definition) is 2. The second-order valence-electron chi connectivity index (χ2n) is 7.41. The summed E-state index contributed by atoms with van der Waals surface area (Å²) >= 11 is 0. The fraction of sp³-hybridized carbons (Fsp3) is 0.632. The van der Waals surface area contributed by atoms with E-state index in [1.807, 2.05) is 13.0 Å². The number of nitrogens with two attached hydrogens (primary N) is 1. The van der Waals surface area contributed by atoms with Crippen molar-refractivity contribution in [3.63, 3.8) is 0 Å². The summed E-state index contributed by atoms with van der Waals surface area (Å²) in [6.45, 7) is 3.78. The lowest BCUT2D eigenvalue weighted by Gasteiger charge is -2.43. The van der Waals surface area contributed by atoms with Gasteiger partial charge in [0.2, 0.25) is 5.91 Å². The molecule has 3 N–H and O–H groups in total. The van der Waals surface area contributed by atoms with Crippen LogP contribution in [-0.2, 0) is 11.3 Å². The topological polar surface area (TPSA) is 85.1 Å². The van der Waals surface area contributed by atoms with Gasteiger partial charge in [-0.15, -0.1) is 0 Å². The Morgan fingerprint density at radius 3 is 2.50 bits per heavy atom. The van der Waals surface area contributed by atoms with Crippen LogP contribution in [0.1, 0.15) is 60.8 Å². The smallest absolute Gasteiger partial charge is 0.223 e. The van der Waals surface area contributed by atoms with Gasteiger partial charge in [-0.3, -0.25) is 14.6 Å². The summed E-state index contributed by atoms with van der Waals surface area (Å²) in [5, 5.41) is 3.02. The van der Waals surface area contributed by atoms with Crippen LogP contribution in [0.4, 0.5) is 0 Å². The molecule has 0 saturated heterocycles. The van der Waals surface area contributed by atoms with E-state index in [1.54, 1.807) is 6.07 Å². The third-order valence-electron chi connectivity index (χ3n) is 5.75. The number of carbonyl (C=O) groups excluding carboxylic acids is 2. The maximum Gasteiger partial charge on any atom is 0.223 e. The van der Waals surface area contributed by atoms with Crippen molar-refractivity contribution < 1.29 is 9.59 Å². The third kappa shape index (κ3) is 3.51. The molecule has 2 unspecified atom stereocenters. The van der Waals surface area contributed by atoms with Crippen molar-refractivity contribution >= 4 is 11.7 Å². The highest BCUT2D eigenvalue weighted by Gasteiger charge is 2.40. The molecule has 1 amide bonds. The number of hydrogen-bond acceptors (Lipinski definition) is 4. The molecule has 0 spiro atoms. The Balaban J connectivity index is 1.58. The molecule has 2 fully saturated rings. The zero-order valence-electron chi connectivity index (χ0n) is 14.5. The highest BCUT2D eigenvalue weighted by molar-refractivity contribution is 5.95. The van der Waals surface area contributed by atoms with E-state index in [9.17, 15) is 9.59 Å². The zero-order valence-corrected chi connectivity index (χ0v) is 14.5. The SMILES string of the molecule is CC(=O)c1ccc(CNC(=O)C2CC3CCCC(C2)C3N)nc1C. The van der Waals surface area contributed by atoms with Crippen molar-refractivity contribution in [1.82, 2.24) is 10.3 Å². The standard InChI is InChI=1S/C19H27N3O2/c1-11-17(12(2)23)7-6-16(22-11)10-21-19(24)15-8-13-4-3-5-14(9-15)18(13)20/h6-7,13-15,18H,3-5,8-10,20H2,1-2H3,(H,21,24). The van der Waals surface area contributed by atoms with Crippen molar-refractivity contribution in [1.29, 1.82) is 0 Å². The molecule has 24 heavy (non-hydrogen) atoms. The van der Waals surface area contributed by atoms with Crippen molar-refractivity contribution in [2.24, 2.45) is 23.5 Å². The number of amides is 1. The van der Waals surface area contributed by atoms with Crippen molar-refractivity contribution in [2.75, 3.05) is 0 Å². The molecule has 1 aromatic heterocycles. The van der Waals surface area contributed by atoms with Crippen LogP contribution in [0, 0.1) is 24.7 Å². The van der Waals surface area contributed by atoms with Crippen LogP contribution in [0.2, 0.25) is 0 Å². The highest BCUT2D eigenvalue weighted by Crippen LogP contribution is 2.41. The number of rotatable bonds is 4. The van der Waals surface area contributed by atoms with E-state index < -0.39 is 0 Å². The molecule has 5 nitrogen and oxygen atoms in total. The summed E-state index contributed by atoms with van der Waals surface area (Å²) in [4.78, 5) is 28.4. The Bertz CT molecular complexity index is 629. The van der Waals surface area contributed by atoms with Gasteiger partial charge < -0.3 is 11.1 Å². The van der Waals surface area contributed by atoms with Crippen LogP contribution in [0.5, 0.6) is 0 Å². The predicted molar refractivity (Wildman–Crippen MR) is 92.4 cm³/mol. The fourth-order valence-electron chi connectivity index (χ4n) is 4.41. The summed E-state index contributed by atoms with van der Waals surface area (Å²) in [6.07, 6.45) is 5.41. The quantitative estimate of drug-likeness (QED) is 0.831. The van der Waals surface area contributed by atoms with Gasteiger partial charge in [-0.05, 0) is 63.5 Å². The van der Waals surface area contributed by atoms with Crippen LogP contribution in [-0.4, -0.2) is 22.7 Å². The molecular formula is C19H27N3O2. The number of aryl methyl sites for hydroxylation is 1. The molecular weight excluding hydrogens is 302 g/mol. The first-order valence-corrected chi connectivity index (χ1v) is 8.96. The van der Waals surface area contributed by atoms with Crippen LogP contribution in [0.15, 0.2) is 12.1 Å². The Hall–Kier alpha value is -1.75. The van der Waals surface area contributed by atoms with E-state index in [0.29, 0.717) is 29.6 Å². The van der Waals surface area contributed by atoms with Gasteiger partial charge in [-0.2, -0.15) is 0 Å². The van der Waals surface area contributed by atoms with E-state index in [2.05, 4.69) is 10.3 Å². The monoisotopic (exact) mass is 329 g/mol. The summed E-state index contributed by atoms with van der Waals surface area (Å²) in [7, 11) is 0. The summed E-state index contributed by atoms with van der Waals surface area (Å²) in [5.74, 6) is 1.22. The average molecular weight is 329 g/mol. The third-order valence-corrected chi connectivity index (χ3v) is 5.75. The van der Waals surface area contributed by atoms with Crippen molar-refractivity contribution in [3.05, 3.63) is 29.1 Å². The van der Waals surface area contributed by atoms with Gasteiger partial charge >= 0.3 is 0 Å². The fourth-order valence-corrected chi connectivity index (χ4v) is 4.41. The molecule has 2 saturated carbocycles. The summed E-state index contributed by atoms with van der Waals surface area (Å²) in [6, 6.07) is 3.89. The van der Waals surface area contributed by atoms with E-state index in [4.69, 9.17) is 5.73 Å². The molecule has 3 rings (SSSR count). The maximum absolute atomic E-state index is 12.5. The van der Waals surface area contributed by atoms with Crippen LogP contribution >= 0.6 is 0 Å². The minimum absolute atomic E-state index is 0.0145. The van der Waals surface area contributed by atoms with Crippen LogP contribution < -0.4 is 11.1 Å². The van der Waals surface area contributed by atoms with Gasteiger partial charge in [0.15, 0.2) is 5.78 Å². The Morgan fingerprint density at radius 1 is 1.25 bits per heavy atom. The zero-order chi connectivity index (χ0) is 17.3. The van der Waals surface area contributed by atoms with Gasteiger partial charge in [0.1, 0.15) is 0 Å². The number of carbonyl (C=O) groups is 2. The van der Waals surface area contributed by atoms with Gasteiger partial charge in [-0.1, -0.05) is 6.42 Å². The number of ketones is 1. The first-order chi connectivity index (χ1) is 11.5. The van der Waals surface area contributed by atoms with Crippen molar-refractivity contribution in [3.8, 4) is 0 Å². The average Bonchev–Trinajstić information content (AvgIpc) is 2.52. The Kier molecular flexibility index (Phi) is 4.99. The predicted octanol–water partition coefficient (Wildman–Crippen LogP) is 2.36. The minimum Gasteiger partial charge on any atom is -0.350 e. The number of pyridine rings is 1. The number of nitrogens with zero attached hydrogens (tertiary/aromatic N) is 1. The first-order valence-electron chi connectivity index (χ1n) is 8.96. The summed E-state index contributed by atoms with van der Waals surface area (Å²) in [5.41, 5.74) is 8.44. The minimum atomic E-state index is 0.0145. The molecule has 2 bridgehead atoms. The molecule has 0 radical (unpaired) electrons. The van der Waals surface area contributed by atoms with Gasteiger partial charge in [0.25, 0.3) is 0 Å². The van der Waals surface area contributed by atoms with Gasteiger partial charge in [-0.25, -0.2) is 0 Å². The molecule has 130 valence electrons. The number of Topliss-reactive ketones (excluding diaryl/α,β-unsaturated/α-hetero) is 1. The van der Waals surface area contributed by atoms with Gasteiger partial charge in [0, 0.05) is 23.2 Å². The molecule has 2 aliphatic carbocycles. The Morgan fingerprint density at radius 2 is 1.92 bits per heavy atom. The normalized spacial score (nSPS) is 29.1. The lowest BCUT2D eigenvalue weighted by Crippen LogP contribution is -2.49. The van der Waals surface area contributed by atoms with Crippen LogP contribution in [0.3, 0.4) is 0 Å². The molecule has 1 heterocycles. The molecule has 2 atom stereocenters. The highest BCUT2D eigenvalue weighted by atomic mass is 16.2. The molecule has 0 aliphatic heterocycles. The van der Waals surface area contributed by atoms with E-state index in [-0.39, 0.29) is 23.7 Å². The number of aromatic nitrogens is 1. The van der Waals surface area contributed by atoms with E-state index >= 15 is 0 Å². The maximum atomic E-state index is 12.5. The molecule has 2 aliphatic rings. The second-order valence-corrected chi connectivity index (χ2v) is 7.41. The molecule has 0 aromatic carbocycles. The van der Waals surface area contributed by atoms with E-state index in [0.717, 1.165) is 31.4 Å². The lowest BCUT2D eigenvalue weighted by molar-refractivity contribution is -0.128. The van der Waals surface area contributed by atoms with Crippen molar-refractivity contribution in [2.45, 2.75) is 58.5 Å². The van der Waals surface area contributed by atoms with Gasteiger partial charge in [0.05, 0.1) is 12.2 Å².